The molecule has 2 saturated heterocycles. The van der Waals surface area contributed by atoms with Crippen molar-refractivity contribution in [3.8, 4) is 0 Å². The van der Waals surface area contributed by atoms with E-state index in [-0.39, 0.29) is 54.9 Å². The van der Waals surface area contributed by atoms with Crippen LogP contribution < -0.4 is 5.32 Å². The summed E-state index contributed by atoms with van der Waals surface area (Å²) in [5, 5.41) is 3.70. The first-order valence-corrected chi connectivity index (χ1v) is 13.6. The molecule has 1 aliphatic carbocycles. The van der Waals surface area contributed by atoms with Crippen molar-refractivity contribution >= 4 is 11.8 Å². The Morgan fingerprint density at radius 1 is 1.25 bits per heavy atom. The van der Waals surface area contributed by atoms with Crippen molar-refractivity contribution in [2.24, 2.45) is 11.3 Å². The van der Waals surface area contributed by atoms with Gasteiger partial charge in [-0.1, -0.05) is 0 Å². The SMILES string of the molecule is COC1COCCC1NC1CC2CN(C(=O)c3ncco3)CC2(C(=O)N2CCc3ncc(C(F)(F)F)cc3C2)C1. The van der Waals surface area contributed by atoms with Gasteiger partial charge < -0.3 is 29.0 Å². The number of hydrogen-bond acceptors (Lipinski definition) is 8. The number of oxazole rings is 1. The minimum atomic E-state index is -4.52. The third-order valence-electron chi connectivity index (χ3n) is 8.91. The first-order valence-electron chi connectivity index (χ1n) is 13.6. The minimum Gasteiger partial charge on any atom is -0.441 e. The number of ether oxygens (including phenoxy) is 2. The number of pyridine rings is 1. The number of amides is 2. The Kier molecular flexibility index (Phi) is 7.07. The highest BCUT2D eigenvalue weighted by atomic mass is 19.4. The lowest BCUT2D eigenvalue weighted by atomic mass is 9.78. The first-order chi connectivity index (χ1) is 19.2. The van der Waals surface area contributed by atoms with Gasteiger partial charge in [-0.25, -0.2) is 4.98 Å². The average molecular weight is 564 g/mol. The molecule has 40 heavy (non-hydrogen) atoms. The Bertz CT molecular complexity index is 1260. The Balaban J connectivity index is 1.25. The topological polar surface area (TPSA) is 110 Å². The van der Waals surface area contributed by atoms with Gasteiger partial charge in [0.2, 0.25) is 5.91 Å². The fourth-order valence-electron chi connectivity index (χ4n) is 6.96. The van der Waals surface area contributed by atoms with Gasteiger partial charge in [0.05, 0.1) is 29.9 Å². The van der Waals surface area contributed by atoms with Crippen LogP contribution in [0.1, 0.15) is 46.8 Å². The van der Waals surface area contributed by atoms with E-state index in [1.807, 2.05) is 0 Å². The Labute approximate surface area is 229 Å². The molecule has 3 aliphatic heterocycles. The number of nitrogens with zero attached hydrogens (tertiary/aromatic N) is 4. The lowest BCUT2D eigenvalue weighted by molar-refractivity contribution is -0.143. The molecule has 4 aliphatic rings. The summed E-state index contributed by atoms with van der Waals surface area (Å²) in [6.07, 6.45) is 1.31. The Morgan fingerprint density at radius 3 is 2.85 bits per heavy atom. The van der Waals surface area contributed by atoms with Crippen LogP contribution in [0.2, 0.25) is 0 Å². The van der Waals surface area contributed by atoms with E-state index in [0.29, 0.717) is 56.8 Å². The fraction of sp³-hybridized carbons (Fsp3) is 0.630. The lowest BCUT2D eigenvalue weighted by Crippen LogP contribution is -2.52. The molecular weight excluding hydrogens is 531 g/mol. The molecule has 216 valence electrons. The van der Waals surface area contributed by atoms with Crippen LogP contribution in [-0.4, -0.2) is 89.7 Å². The van der Waals surface area contributed by atoms with Gasteiger partial charge in [-0.2, -0.15) is 13.2 Å². The van der Waals surface area contributed by atoms with Crippen molar-refractivity contribution in [3.63, 3.8) is 0 Å². The van der Waals surface area contributed by atoms with Crippen molar-refractivity contribution in [2.75, 3.05) is 40.0 Å². The number of nitrogens with one attached hydrogen (secondary N) is 1. The predicted octanol–water partition coefficient (Wildman–Crippen LogP) is 2.29. The van der Waals surface area contributed by atoms with Crippen LogP contribution in [-0.2, 0) is 33.4 Å². The average Bonchev–Trinajstić information content (AvgIpc) is 3.67. The van der Waals surface area contributed by atoms with E-state index in [0.717, 1.165) is 18.7 Å². The predicted molar refractivity (Wildman–Crippen MR) is 133 cm³/mol. The summed E-state index contributed by atoms with van der Waals surface area (Å²) in [4.78, 5) is 38.8. The molecule has 2 amide bonds. The summed E-state index contributed by atoms with van der Waals surface area (Å²) >= 11 is 0. The van der Waals surface area contributed by atoms with Crippen LogP contribution in [0.15, 0.2) is 29.1 Å². The molecule has 5 atom stereocenters. The van der Waals surface area contributed by atoms with E-state index in [9.17, 15) is 22.8 Å². The summed E-state index contributed by atoms with van der Waals surface area (Å²) in [6, 6.07) is 1.19. The zero-order chi connectivity index (χ0) is 28.1. The van der Waals surface area contributed by atoms with Gasteiger partial charge in [0.1, 0.15) is 6.26 Å². The van der Waals surface area contributed by atoms with Crippen LogP contribution in [0.5, 0.6) is 0 Å². The maximum absolute atomic E-state index is 14.3. The number of hydrogen-bond donors (Lipinski definition) is 1. The normalized spacial score (nSPS) is 30.3. The third-order valence-corrected chi connectivity index (χ3v) is 8.91. The van der Waals surface area contributed by atoms with Crippen molar-refractivity contribution in [2.45, 2.75) is 56.6 Å². The second-order valence-corrected chi connectivity index (χ2v) is 11.2. The Morgan fingerprint density at radius 2 is 2.10 bits per heavy atom. The largest absolute Gasteiger partial charge is 0.441 e. The molecule has 5 heterocycles. The molecule has 2 aromatic heterocycles. The second-order valence-electron chi connectivity index (χ2n) is 11.2. The molecule has 0 aromatic carbocycles. The van der Waals surface area contributed by atoms with Crippen LogP contribution >= 0.6 is 0 Å². The number of alkyl halides is 3. The van der Waals surface area contributed by atoms with Crippen LogP contribution in [0, 0.1) is 11.3 Å². The maximum atomic E-state index is 14.3. The van der Waals surface area contributed by atoms with Crippen molar-refractivity contribution in [1.29, 1.82) is 0 Å². The van der Waals surface area contributed by atoms with Gasteiger partial charge in [0.25, 0.3) is 5.89 Å². The maximum Gasteiger partial charge on any atom is 0.417 e. The number of likely N-dealkylation sites (tertiary alicyclic amines) is 1. The summed E-state index contributed by atoms with van der Waals surface area (Å²) in [7, 11) is 1.65. The van der Waals surface area contributed by atoms with Gasteiger partial charge in [-0.3, -0.25) is 14.6 Å². The fourth-order valence-corrected chi connectivity index (χ4v) is 6.96. The molecule has 5 unspecified atom stereocenters. The highest BCUT2D eigenvalue weighted by molar-refractivity contribution is 5.92. The summed E-state index contributed by atoms with van der Waals surface area (Å²) in [5.74, 6) is -0.663. The molecular formula is C27H32F3N5O5. The molecule has 0 radical (unpaired) electrons. The monoisotopic (exact) mass is 563 g/mol. The number of halogens is 3. The van der Waals surface area contributed by atoms with Crippen molar-refractivity contribution < 1.29 is 36.7 Å². The summed E-state index contributed by atoms with van der Waals surface area (Å²) in [6.45, 7) is 2.09. The number of rotatable bonds is 5. The van der Waals surface area contributed by atoms with Crippen LogP contribution in [0.3, 0.4) is 0 Å². The zero-order valence-electron chi connectivity index (χ0n) is 22.2. The lowest BCUT2D eigenvalue weighted by Gasteiger charge is -2.37. The highest BCUT2D eigenvalue weighted by Gasteiger charge is 2.60. The van der Waals surface area contributed by atoms with E-state index in [4.69, 9.17) is 13.9 Å². The van der Waals surface area contributed by atoms with Gasteiger partial charge in [0.15, 0.2) is 0 Å². The standard InChI is InChI=1S/C27H32F3N5O5/c1-38-22-14-39-6-3-21(22)33-19-9-18-13-35(24(36)23-31-4-7-40-23)15-26(18,10-19)25(37)34-5-2-20-16(12-34)8-17(11-32-20)27(28,29)30/h4,7-8,11,18-19,21-22,33H,2-3,5-6,9-10,12-15H2,1H3. The molecule has 3 fully saturated rings. The quantitative estimate of drug-likeness (QED) is 0.590. The van der Waals surface area contributed by atoms with E-state index in [2.05, 4.69) is 15.3 Å². The number of carbonyl (C=O) groups is 2. The third kappa shape index (κ3) is 4.88. The van der Waals surface area contributed by atoms with Crippen molar-refractivity contribution in [3.05, 3.63) is 47.4 Å². The molecule has 2 aromatic rings. The van der Waals surface area contributed by atoms with Gasteiger partial charge in [0, 0.05) is 70.3 Å². The molecule has 13 heteroatoms. The van der Waals surface area contributed by atoms with Gasteiger partial charge in [-0.15, -0.1) is 0 Å². The Hall–Kier alpha value is -3.03. The smallest absolute Gasteiger partial charge is 0.417 e. The second kappa shape index (κ2) is 10.4. The molecule has 1 N–H and O–H groups in total. The number of aromatic nitrogens is 2. The summed E-state index contributed by atoms with van der Waals surface area (Å²) < 4.78 is 56.5. The molecule has 1 saturated carbocycles. The zero-order valence-corrected chi connectivity index (χ0v) is 22.2. The van der Waals surface area contributed by atoms with E-state index in [1.165, 1.54) is 12.5 Å². The molecule has 0 spiro atoms. The van der Waals surface area contributed by atoms with E-state index in [1.54, 1.807) is 16.9 Å². The van der Waals surface area contributed by atoms with Gasteiger partial charge >= 0.3 is 12.1 Å². The number of carbonyl (C=O) groups excluding carboxylic acids is 2. The summed E-state index contributed by atoms with van der Waals surface area (Å²) in [5.41, 5.74) is -0.713. The molecule has 0 bridgehead atoms. The molecule has 6 rings (SSSR count). The minimum absolute atomic E-state index is 0.0178. The number of fused-ring (bicyclic) bond motifs is 2. The first kappa shape index (κ1) is 27.2. The highest BCUT2D eigenvalue weighted by Crippen LogP contribution is 2.51. The van der Waals surface area contributed by atoms with E-state index < -0.39 is 17.2 Å². The van der Waals surface area contributed by atoms with Gasteiger partial charge in [-0.05, 0) is 36.8 Å². The van der Waals surface area contributed by atoms with E-state index >= 15 is 0 Å². The molecule has 10 nitrogen and oxygen atoms in total. The van der Waals surface area contributed by atoms with Crippen LogP contribution in [0.25, 0.3) is 0 Å². The number of methoxy groups -OCH3 is 1. The van der Waals surface area contributed by atoms with Crippen molar-refractivity contribution in [1.82, 2.24) is 25.1 Å². The van der Waals surface area contributed by atoms with Crippen LogP contribution in [0.4, 0.5) is 13.2 Å².